The molecular weight excluding hydrogens is 374 g/mol. The number of anilines is 2. The van der Waals surface area contributed by atoms with Gasteiger partial charge in [-0.05, 0) is 43.3 Å². The number of hydrogen-bond acceptors (Lipinski definition) is 5. The molecule has 154 valence electrons. The quantitative estimate of drug-likeness (QED) is 0.670. The van der Waals surface area contributed by atoms with Crippen LogP contribution in [0.4, 0.5) is 11.5 Å². The van der Waals surface area contributed by atoms with Crippen LogP contribution in [0.15, 0.2) is 60.7 Å². The number of rotatable bonds is 4. The number of piperazine rings is 1. The molecular formula is C24H27N5O. The summed E-state index contributed by atoms with van der Waals surface area (Å²) in [6, 6.07) is 20.1. The summed E-state index contributed by atoms with van der Waals surface area (Å²) in [5.41, 5.74) is 4.98. The summed E-state index contributed by atoms with van der Waals surface area (Å²) in [5.74, 6) is 0.939. The molecule has 2 heterocycles. The second-order valence-electron chi connectivity index (χ2n) is 7.86. The summed E-state index contributed by atoms with van der Waals surface area (Å²) < 4.78 is 0. The maximum absolute atomic E-state index is 12.8. The average molecular weight is 402 g/mol. The van der Waals surface area contributed by atoms with Gasteiger partial charge in [0, 0.05) is 57.1 Å². The Labute approximate surface area is 177 Å². The fraction of sp³-hybridized carbons (Fsp3) is 0.292. The van der Waals surface area contributed by atoms with E-state index in [-0.39, 0.29) is 5.91 Å². The van der Waals surface area contributed by atoms with Gasteiger partial charge in [-0.15, -0.1) is 10.2 Å². The Balaban J connectivity index is 1.37. The summed E-state index contributed by atoms with van der Waals surface area (Å²) in [6.45, 7) is 4.92. The van der Waals surface area contributed by atoms with Gasteiger partial charge < -0.3 is 14.7 Å². The van der Waals surface area contributed by atoms with E-state index in [1.807, 2.05) is 60.3 Å². The lowest BCUT2D eigenvalue weighted by molar-refractivity contribution is 0.0746. The molecule has 0 spiro atoms. The Morgan fingerprint density at radius 2 is 1.50 bits per heavy atom. The van der Waals surface area contributed by atoms with Crippen molar-refractivity contribution in [2.24, 2.45) is 0 Å². The molecule has 1 saturated heterocycles. The molecule has 0 saturated carbocycles. The first-order valence-electron chi connectivity index (χ1n) is 10.2. The van der Waals surface area contributed by atoms with Crippen molar-refractivity contribution in [2.75, 3.05) is 50.1 Å². The second kappa shape index (κ2) is 8.53. The molecule has 3 aromatic rings. The van der Waals surface area contributed by atoms with Crippen molar-refractivity contribution < 1.29 is 4.79 Å². The molecule has 0 radical (unpaired) electrons. The lowest BCUT2D eigenvalue weighted by Gasteiger charge is -2.35. The van der Waals surface area contributed by atoms with Crippen LogP contribution < -0.4 is 9.80 Å². The molecule has 1 fully saturated rings. The van der Waals surface area contributed by atoms with Crippen LogP contribution in [0.3, 0.4) is 0 Å². The molecule has 0 atom stereocenters. The van der Waals surface area contributed by atoms with Gasteiger partial charge in [-0.25, -0.2) is 0 Å². The predicted molar refractivity (Wildman–Crippen MR) is 121 cm³/mol. The SMILES string of the molecule is Cc1ccc(-c2ccc(N3CCN(C(=O)c4ccc(N(C)C)cc4)CC3)nn2)cc1. The van der Waals surface area contributed by atoms with Crippen LogP contribution in [0.1, 0.15) is 15.9 Å². The monoisotopic (exact) mass is 401 g/mol. The van der Waals surface area contributed by atoms with Gasteiger partial charge in [0.1, 0.15) is 0 Å². The maximum atomic E-state index is 12.8. The standard InChI is InChI=1S/C24H27N5O/c1-18-4-6-19(7-5-18)22-12-13-23(26-25-22)28-14-16-29(17-15-28)24(30)20-8-10-21(11-9-20)27(2)3/h4-13H,14-17H2,1-3H3. The van der Waals surface area contributed by atoms with Crippen molar-refractivity contribution in [1.29, 1.82) is 0 Å². The first kappa shape index (κ1) is 19.9. The lowest BCUT2D eigenvalue weighted by atomic mass is 10.1. The van der Waals surface area contributed by atoms with Gasteiger partial charge in [-0.1, -0.05) is 29.8 Å². The van der Waals surface area contributed by atoms with Crippen molar-refractivity contribution in [3.05, 3.63) is 71.8 Å². The Morgan fingerprint density at radius 1 is 0.833 bits per heavy atom. The first-order valence-corrected chi connectivity index (χ1v) is 10.2. The van der Waals surface area contributed by atoms with Crippen LogP contribution >= 0.6 is 0 Å². The van der Waals surface area contributed by atoms with E-state index < -0.39 is 0 Å². The normalized spacial score (nSPS) is 14.0. The van der Waals surface area contributed by atoms with Crippen molar-refractivity contribution in [3.8, 4) is 11.3 Å². The average Bonchev–Trinajstić information content (AvgIpc) is 2.79. The minimum Gasteiger partial charge on any atom is -0.378 e. The van der Waals surface area contributed by atoms with Gasteiger partial charge in [0.15, 0.2) is 5.82 Å². The number of carbonyl (C=O) groups excluding carboxylic acids is 1. The number of benzene rings is 2. The van der Waals surface area contributed by atoms with Crippen molar-refractivity contribution in [2.45, 2.75) is 6.92 Å². The van der Waals surface area contributed by atoms with Crippen LogP contribution in [0, 0.1) is 6.92 Å². The van der Waals surface area contributed by atoms with Gasteiger partial charge in [0.2, 0.25) is 0 Å². The molecule has 1 aliphatic rings. The highest BCUT2D eigenvalue weighted by Gasteiger charge is 2.23. The smallest absolute Gasteiger partial charge is 0.253 e. The highest BCUT2D eigenvalue weighted by Crippen LogP contribution is 2.20. The van der Waals surface area contributed by atoms with Gasteiger partial charge in [0.25, 0.3) is 5.91 Å². The number of carbonyl (C=O) groups is 1. The molecule has 0 aliphatic carbocycles. The van der Waals surface area contributed by atoms with Gasteiger partial charge in [-0.2, -0.15) is 0 Å². The van der Waals surface area contributed by atoms with Gasteiger partial charge in [0.05, 0.1) is 5.69 Å². The fourth-order valence-electron chi connectivity index (χ4n) is 3.60. The highest BCUT2D eigenvalue weighted by molar-refractivity contribution is 5.94. The molecule has 1 amide bonds. The zero-order valence-corrected chi connectivity index (χ0v) is 17.7. The molecule has 1 aromatic heterocycles. The lowest BCUT2D eigenvalue weighted by Crippen LogP contribution is -2.49. The van der Waals surface area contributed by atoms with Crippen molar-refractivity contribution >= 4 is 17.4 Å². The Kier molecular flexibility index (Phi) is 5.65. The van der Waals surface area contributed by atoms with E-state index in [0.717, 1.165) is 41.4 Å². The number of aryl methyl sites for hydroxylation is 1. The van der Waals surface area contributed by atoms with Crippen molar-refractivity contribution in [1.82, 2.24) is 15.1 Å². The van der Waals surface area contributed by atoms with Crippen LogP contribution in [-0.2, 0) is 0 Å². The van der Waals surface area contributed by atoms with E-state index in [1.165, 1.54) is 5.56 Å². The minimum absolute atomic E-state index is 0.0840. The summed E-state index contributed by atoms with van der Waals surface area (Å²) in [6.07, 6.45) is 0. The van der Waals surface area contributed by atoms with E-state index in [2.05, 4.69) is 46.3 Å². The van der Waals surface area contributed by atoms with E-state index in [1.54, 1.807) is 0 Å². The zero-order chi connectivity index (χ0) is 21.1. The van der Waals surface area contributed by atoms with Crippen LogP contribution in [0.5, 0.6) is 0 Å². The zero-order valence-electron chi connectivity index (χ0n) is 17.7. The second-order valence-corrected chi connectivity index (χ2v) is 7.86. The fourth-order valence-corrected chi connectivity index (χ4v) is 3.60. The van der Waals surface area contributed by atoms with Crippen molar-refractivity contribution in [3.63, 3.8) is 0 Å². The Bertz CT molecular complexity index is 989. The summed E-state index contributed by atoms with van der Waals surface area (Å²) in [7, 11) is 3.98. The third kappa shape index (κ3) is 4.27. The topological polar surface area (TPSA) is 52.6 Å². The van der Waals surface area contributed by atoms with E-state index in [9.17, 15) is 4.79 Å². The predicted octanol–water partition coefficient (Wildman–Crippen LogP) is 3.48. The molecule has 0 N–H and O–H groups in total. The summed E-state index contributed by atoms with van der Waals surface area (Å²) in [4.78, 5) is 18.9. The Morgan fingerprint density at radius 3 is 2.07 bits per heavy atom. The molecule has 2 aromatic carbocycles. The minimum atomic E-state index is 0.0840. The van der Waals surface area contributed by atoms with E-state index in [0.29, 0.717) is 13.1 Å². The van der Waals surface area contributed by atoms with Gasteiger partial charge >= 0.3 is 0 Å². The summed E-state index contributed by atoms with van der Waals surface area (Å²) >= 11 is 0. The first-order chi connectivity index (χ1) is 14.5. The largest absolute Gasteiger partial charge is 0.378 e. The molecule has 6 nitrogen and oxygen atoms in total. The van der Waals surface area contributed by atoms with Crippen LogP contribution in [0.2, 0.25) is 0 Å². The molecule has 0 bridgehead atoms. The molecule has 4 rings (SSSR count). The Hall–Kier alpha value is -3.41. The summed E-state index contributed by atoms with van der Waals surface area (Å²) in [5, 5.41) is 8.82. The molecule has 6 heteroatoms. The van der Waals surface area contributed by atoms with Gasteiger partial charge in [-0.3, -0.25) is 4.79 Å². The van der Waals surface area contributed by atoms with E-state index in [4.69, 9.17) is 0 Å². The third-order valence-corrected chi connectivity index (χ3v) is 5.52. The maximum Gasteiger partial charge on any atom is 0.253 e. The molecule has 1 aliphatic heterocycles. The van der Waals surface area contributed by atoms with Crippen LogP contribution in [-0.4, -0.2) is 61.3 Å². The van der Waals surface area contributed by atoms with E-state index >= 15 is 0 Å². The third-order valence-electron chi connectivity index (χ3n) is 5.52. The molecule has 30 heavy (non-hydrogen) atoms. The number of aromatic nitrogens is 2. The van der Waals surface area contributed by atoms with Crippen LogP contribution in [0.25, 0.3) is 11.3 Å². The highest BCUT2D eigenvalue weighted by atomic mass is 16.2. The molecule has 0 unspecified atom stereocenters. The number of hydrogen-bond donors (Lipinski definition) is 0. The number of amides is 1. The number of nitrogens with zero attached hydrogens (tertiary/aromatic N) is 5.